The molecule has 0 spiro atoms. The number of hydrogen-bond acceptors (Lipinski definition) is 6. The average Bonchev–Trinajstić information content (AvgIpc) is 3.41. The number of carbonyl (C=O) groups excluding carboxylic acids is 2. The Balaban J connectivity index is 1.40. The molecule has 4 rings (SSSR count). The van der Waals surface area contributed by atoms with Crippen molar-refractivity contribution in [2.75, 3.05) is 32.8 Å². The van der Waals surface area contributed by atoms with E-state index in [1.807, 2.05) is 17.9 Å². The molecule has 0 unspecified atom stereocenters. The molecule has 0 N–H and O–H groups in total. The molecule has 2 aliphatic heterocycles. The molecule has 2 aromatic heterocycles. The first-order valence-electron chi connectivity index (χ1n) is 8.84. The Morgan fingerprint density at radius 1 is 1.23 bits per heavy atom. The maximum absolute atomic E-state index is 12.8. The molecule has 2 amide bonds. The maximum Gasteiger partial charge on any atom is 0.273 e. The fraction of sp³-hybridized carbons (Fsp3) is 0.500. The highest BCUT2D eigenvalue weighted by molar-refractivity contribution is 7.15. The van der Waals surface area contributed by atoms with E-state index in [2.05, 4.69) is 4.98 Å². The molecule has 8 heteroatoms. The second-order valence-corrected chi connectivity index (χ2v) is 7.72. The number of amides is 2. The standard InChI is InChI=1S/C18H21N3O4S/c1-12-15(19-16(26-12)13-4-2-10-24-13)18(23)21-8-6-20(7-9-21)17(22)14-5-3-11-25-14/h2,4,10,14H,3,5-9,11H2,1H3/t14-/m1/s1. The highest BCUT2D eigenvalue weighted by Gasteiger charge is 2.32. The first kappa shape index (κ1) is 17.2. The molecule has 0 aliphatic carbocycles. The Bertz CT molecular complexity index is 787. The summed E-state index contributed by atoms with van der Waals surface area (Å²) in [6, 6.07) is 3.64. The Labute approximate surface area is 155 Å². The average molecular weight is 375 g/mol. The Kier molecular flexibility index (Phi) is 4.78. The van der Waals surface area contributed by atoms with Crippen LogP contribution in [0.2, 0.25) is 0 Å². The van der Waals surface area contributed by atoms with E-state index in [9.17, 15) is 9.59 Å². The van der Waals surface area contributed by atoms with Gasteiger partial charge in [0.2, 0.25) is 0 Å². The molecule has 7 nitrogen and oxygen atoms in total. The number of furan rings is 1. The van der Waals surface area contributed by atoms with Gasteiger partial charge in [0, 0.05) is 37.7 Å². The lowest BCUT2D eigenvalue weighted by atomic mass is 10.2. The number of aryl methyl sites for hydroxylation is 1. The summed E-state index contributed by atoms with van der Waals surface area (Å²) < 4.78 is 10.8. The molecule has 138 valence electrons. The van der Waals surface area contributed by atoms with Gasteiger partial charge in [0.05, 0.1) is 6.26 Å². The van der Waals surface area contributed by atoms with Crippen LogP contribution >= 0.6 is 11.3 Å². The van der Waals surface area contributed by atoms with Crippen molar-refractivity contribution in [2.45, 2.75) is 25.9 Å². The van der Waals surface area contributed by atoms with Crippen molar-refractivity contribution in [3.8, 4) is 10.8 Å². The molecular weight excluding hydrogens is 354 g/mol. The lowest BCUT2D eigenvalue weighted by Gasteiger charge is -2.35. The highest BCUT2D eigenvalue weighted by atomic mass is 32.1. The van der Waals surface area contributed by atoms with E-state index in [1.54, 1.807) is 17.2 Å². The van der Waals surface area contributed by atoms with Crippen LogP contribution in [-0.4, -0.2) is 65.5 Å². The van der Waals surface area contributed by atoms with Crippen molar-refractivity contribution in [3.05, 3.63) is 29.0 Å². The number of carbonyl (C=O) groups is 2. The van der Waals surface area contributed by atoms with E-state index in [-0.39, 0.29) is 17.9 Å². The quantitative estimate of drug-likeness (QED) is 0.822. The van der Waals surface area contributed by atoms with Gasteiger partial charge >= 0.3 is 0 Å². The van der Waals surface area contributed by atoms with E-state index in [0.717, 1.165) is 17.7 Å². The van der Waals surface area contributed by atoms with Gasteiger partial charge in [-0.15, -0.1) is 11.3 Å². The molecule has 1 atom stereocenters. The van der Waals surface area contributed by atoms with E-state index < -0.39 is 0 Å². The Morgan fingerprint density at radius 2 is 2.00 bits per heavy atom. The van der Waals surface area contributed by atoms with Crippen LogP contribution in [0.25, 0.3) is 10.8 Å². The van der Waals surface area contributed by atoms with Crippen LogP contribution in [0, 0.1) is 6.92 Å². The molecule has 2 fully saturated rings. The number of rotatable bonds is 3. The van der Waals surface area contributed by atoms with Crippen LogP contribution in [-0.2, 0) is 9.53 Å². The van der Waals surface area contributed by atoms with Gasteiger partial charge in [-0.3, -0.25) is 9.59 Å². The van der Waals surface area contributed by atoms with Crippen LogP contribution in [0.5, 0.6) is 0 Å². The third-order valence-corrected chi connectivity index (χ3v) is 5.80. The summed E-state index contributed by atoms with van der Waals surface area (Å²) >= 11 is 1.45. The number of thiazole rings is 1. The van der Waals surface area contributed by atoms with Gasteiger partial charge in [-0.1, -0.05) is 0 Å². The lowest BCUT2D eigenvalue weighted by Crippen LogP contribution is -2.53. The van der Waals surface area contributed by atoms with Crippen molar-refractivity contribution < 1.29 is 18.7 Å². The molecule has 2 aromatic rings. The normalized spacial score (nSPS) is 20.6. The van der Waals surface area contributed by atoms with Crippen LogP contribution in [0.15, 0.2) is 22.8 Å². The topological polar surface area (TPSA) is 75.9 Å². The molecule has 0 bridgehead atoms. The van der Waals surface area contributed by atoms with Crippen LogP contribution < -0.4 is 0 Å². The minimum Gasteiger partial charge on any atom is -0.462 e. The smallest absolute Gasteiger partial charge is 0.273 e. The van der Waals surface area contributed by atoms with E-state index in [0.29, 0.717) is 49.2 Å². The number of aromatic nitrogens is 1. The molecular formula is C18H21N3O4S. The van der Waals surface area contributed by atoms with E-state index in [4.69, 9.17) is 9.15 Å². The third kappa shape index (κ3) is 3.26. The number of ether oxygens (including phenoxy) is 1. The van der Waals surface area contributed by atoms with Gasteiger partial charge in [-0.05, 0) is 31.9 Å². The zero-order valence-corrected chi connectivity index (χ0v) is 15.5. The fourth-order valence-electron chi connectivity index (χ4n) is 3.36. The largest absolute Gasteiger partial charge is 0.462 e. The zero-order chi connectivity index (χ0) is 18.1. The van der Waals surface area contributed by atoms with E-state index >= 15 is 0 Å². The summed E-state index contributed by atoms with van der Waals surface area (Å²) in [5, 5.41) is 0.711. The zero-order valence-electron chi connectivity index (χ0n) is 14.6. The predicted octanol–water partition coefficient (Wildman–Crippen LogP) is 2.17. The Morgan fingerprint density at radius 3 is 2.65 bits per heavy atom. The summed E-state index contributed by atoms with van der Waals surface area (Å²) in [5.41, 5.74) is 0.473. The van der Waals surface area contributed by atoms with Crippen molar-refractivity contribution in [3.63, 3.8) is 0 Å². The Hall–Kier alpha value is -2.19. The summed E-state index contributed by atoms with van der Waals surface area (Å²) in [6.07, 6.45) is 3.04. The minimum absolute atomic E-state index is 0.0551. The summed E-state index contributed by atoms with van der Waals surface area (Å²) in [6.45, 7) is 4.68. The van der Waals surface area contributed by atoms with Gasteiger partial charge in [-0.25, -0.2) is 4.98 Å². The van der Waals surface area contributed by atoms with Crippen molar-refractivity contribution in [2.24, 2.45) is 0 Å². The lowest BCUT2D eigenvalue weighted by molar-refractivity contribution is -0.142. The van der Waals surface area contributed by atoms with Crippen molar-refractivity contribution >= 4 is 23.2 Å². The number of hydrogen-bond donors (Lipinski definition) is 0. The second kappa shape index (κ2) is 7.20. The summed E-state index contributed by atoms with van der Waals surface area (Å²) in [7, 11) is 0. The fourth-order valence-corrected chi connectivity index (χ4v) is 4.23. The maximum atomic E-state index is 12.8. The van der Waals surface area contributed by atoms with Crippen LogP contribution in [0.3, 0.4) is 0 Å². The van der Waals surface area contributed by atoms with Gasteiger partial charge in [-0.2, -0.15) is 0 Å². The summed E-state index contributed by atoms with van der Waals surface area (Å²) in [5.74, 6) is 0.643. The number of nitrogens with zero attached hydrogens (tertiary/aromatic N) is 3. The SMILES string of the molecule is Cc1sc(-c2ccco2)nc1C(=O)N1CCN(C(=O)[C@H]2CCCO2)CC1. The molecule has 2 aliphatic rings. The van der Waals surface area contributed by atoms with Gasteiger partial charge in [0.15, 0.2) is 10.8 Å². The van der Waals surface area contributed by atoms with Crippen molar-refractivity contribution in [1.82, 2.24) is 14.8 Å². The second-order valence-electron chi connectivity index (χ2n) is 6.52. The monoisotopic (exact) mass is 375 g/mol. The molecule has 0 aromatic carbocycles. The van der Waals surface area contributed by atoms with Gasteiger partial charge < -0.3 is 19.0 Å². The van der Waals surface area contributed by atoms with Crippen LogP contribution in [0.1, 0.15) is 28.2 Å². The first-order chi connectivity index (χ1) is 12.6. The van der Waals surface area contributed by atoms with Crippen molar-refractivity contribution in [1.29, 1.82) is 0 Å². The molecule has 26 heavy (non-hydrogen) atoms. The highest BCUT2D eigenvalue weighted by Crippen LogP contribution is 2.28. The number of piperazine rings is 1. The predicted molar refractivity (Wildman–Crippen MR) is 96.0 cm³/mol. The molecule has 4 heterocycles. The van der Waals surface area contributed by atoms with Crippen LogP contribution in [0.4, 0.5) is 0 Å². The third-order valence-electron chi connectivity index (χ3n) is 4.81. The van der Waals surface area contributed by atoms with E-state index in [1.165, 1.54) is 11.3 Å². The molecule has 0 radical (unpaired) electrons. The first-order valence-corrected chi connectivity index (χ1v) is 9.66. The molecule has 2 saturated heterocycles. The minimum atomic E-state index is -0.297. The summed E-state index contributed by atoms with van der Waals surface area (Å²) in [4.78, 5) is 34.2. The molecule has 0 saturated carbocycles. The van der Waals surface area contributed by atoms with Gasteiger partial charge in [0.1, 0.15) is 11.8 Å². The van der Waals surface area contributed by atoms with Gasteiger partial charge in [0.25, 0.3) is 11.8 Å².